The summed E-state index contributed by atoms with van der Waals surface area (Å²) in [6.07, 6.45) is 5.28. The number of nitrogens with zero attached hydrogens (tertiary/aromatic N) is 4. The fraction of sp³-hybridized carbons (Fsp3) is 0.300. The smallest absolute Gasteiger partial charge is 0.231 e. The summed E-state index contributed by atoms with van der Waals surface area (Å²) in [6.45, 7) is 9.28. The van der Waals surface area contributed by atoms with Crippen molar-refractivity contribution < 1.29 is 9.59 Å². The van der Waals surface area contributed by atoms with E-state index in [2.05, 4.69) is 59.9 Å². The van der Waals surface area contributed by atoms with Crippen LogP contribution in [0.4, 0.5) is 16.5 Å². The molecule has 38 heavy (non-hydrogen) atoms. The molecule has 2 aliphatic rings. The molecule has 6 rings (SSSR count). The number of piperidine rings is 1. The molecule has 2 aromatic carbocycles. The van der Waals surface area contributed by atoms with Gasteiger partial charge in [-0.05, 0) is 83.4 Å². The highest BCUT2D eigenvalue weighted by Gasteiger charge is 2.41. The number of carbonyl (C=O) groups excluding carboxylic acids is 2. The van der Waals surface area contributed by atoms with Crippen molar-refractivity contribution >= 4 is 66.4 Å². The Morgan fingerprint density at radius 2 is 1.50 bits per heavy atom. The zero-order chi connectivity index (χ0) is 26.7. The lowest BCUT2D eigenvalue weighted by Gasteiger charge is -2.54. The highest BCUT2D eigenvalue weighted by atomic mass is 32.1. The van der Waals surface area contributed by atoms with Crippen molar-refractivity contribution in [3.8, 4) is 0 Å². The van der Waals surface area contributed by atoms with Gasteiger partial charge < -0.3 is 4.90 Å². The van der Waals surface area contributed by atoms with Crippen LogP contribution < -0.4 is 4.90 Å². The van der Waals surface area contributed by atoms with Crippen molar-refractivity contribution in [2.75, 3.05) is 4.90 Å². The molecule has 1 saturated heterocycles. The number of aromatic nitrogens is 1. The largest absolute Gasteiger partial charge is 0.361 e. The molecule has 0 spiro atoms. The normalized spacial score (nSPS) is 18.5. The number of hydrogen-bond acceptors (Lipinski definition) is 8. The van der Waals surface area contributed by atoms with Gasteiger partial charge in [0.2, 0.25) is 5.13 Å². The standard InChI is InChI=1S/C30H28N4O2S2/c1-29(2)14-7-15-30(3,4)34(29)19-12-10-18(11-13-19)32-33-28-31-27-24(38-28)17-20(37-27)16-23-25(35)21-8-5-6-9-22(21)26(23)36/h5-6,8-13,16-17H,7,14-15H2,1-4H3. The lowest BCUT2D eigenvalue weighted by atomic mass is 9.79. The fourth-order valence-electron chi connectivity index (χ4n) is 5.87. The Labute approximate surface area is 229 Å². The maximum Gasteiger partial charge on any atom is 0.231 e. The van der Waals surface area contributed by atoms with E-state index in [0.29, 0.717) is 16.3 Å². The Balaban J connectivity index is 1.19. The number of hydrogen-bond donors (Lipinski definition) is 0. The van der Waals surface area contributed by atoms with Crippen molar-refractivity contribution in [2.45, 2.75) is 58.0 Å². The van der Waals surface area contributed by atoms with Gasteiger partial charge in [0.25, 0.3) is 0 Å². The van der Waals surface area contributed by atoms with E-state index in [1.165, 1.54) is 47.6 Å². The van der Waals surface area contributed by atoms with E-state index < -0.39 is 0 Å². The maximum atomic E-state index is 12.7. The molecule has 0 unspecified atom stereocenters. The number of azo groups is 1. The van der Waals surface area contributed by atoms with E-state index in [-0.39, 0.29) is 28.2 Å². The summed E-state index contributed by atoms with van der Waals surface area (Å²) >= 11 is 2.88. The lowest BCUT2D eigenvalue weighted by molar-refractivity contribution is 0.0990. The Morgan fingerprint density at radius 3 is 2.11 bits per heavy atom. The van der Waals surface area contributed by atoms with Gasteiger partial charge in [0.05, 0.1) is 16.0 Å². The molecule has 0 atom stereocenters. The highest BCUT2D eigenvalue weighted by Crippen LogP contribution is 2.42. The van der Waals surface area contributed by atoms with Crippen molar-refractivity contribution in [1.29, 1.82) is 0 Å². The summed E-state index contributed by atoms with van der Waals surface area (Å²) in [5.41, 5.74) is 3.35. The summed E-state index contributed by atoms with van der Waals surface area (Å²) in [4.78, 5) is 34.2. The van der Waals surface area contributed by atoms with Crippen LogP contribution in [0.5, 0.6) is 0 Å². The second-order valence-electron chi connectivity index (χ2n) is 11.1. The second kappa shape index (κ2) is 9.06. The first kappa shape index (κ1) is 24.8. The van der Waals surface area contributed by atoms with Crippen LogP contribution in [-0.4, -0.2) is 27.6 Å². The van der Waals surface area contributed by atoms with Gasteiger partial charge in [0, 0.05) is 32.8 Å². The summed E-state index contributed by atoms with van der Waals surface area (Å²) < 4.78 is 0.955. The first-order valence-corrected chi connectivity index (χ1v) is 14.4. The van der Waals surface area contributed by atoms with Crippen LogP contribution in [0.2, 0.25) is 0 Å². The van der Waals surface area contributed by atoms with Gasteiger partial charge in [-0.2, -0.15) is 0 Å². The molecular weight excluding hydrogens is 512 g/mol. The van der Waals surface area contributed by atoms with Crippen LogP contribution >= 0.6 is 22.7 Å². The molecule has 192 valence electrons. The number of thiazole rings is 1. The van der Waals surface area contributed by atoms with Gasteiger partial charge in [-0.3, -0.25) is 9.59 Å². The fourth-order valence-corrected chi connectivity index (χ4v) is 7.85. The Bertz CT molecular complexity index is 1560. The van der Waals surface area contributed by atoms with E-state index in [0.717, 1.165) is 20.1 Å². The zero-order valence-corrected chi connectivity index (χ0v) is 23.4. The Kier molecular flexibility index (Phi) is 5.92. The van der Waals surface area contributed by atoms with E-state index >= 15 is 0 Å². The molecule has 1 aliphatic carbocycles. The summed E-state index contributed by atoms with van der Waals surface area (Å²) in [5, 5.41) is 9.36. The van der Waals surface area contributed by atoms with Crippen LogP contribution in [-0.2, 0) is 0 Å². The number of fused-ring (bicyclic) bond motifs is 2. The number of Topliss-reactive ketones (excluding diaryl/α,β-unsaturated/α-hetero) is 2. The van der Waals surface area contributed by atoms with Crippen molar-refractivity contribution in [1.82, 2.24) is 4.98 Å². The molecule has 6 nitrogen and oxygen atoms in total. The van der Waals surface area contributed by atoms with Gasteiger partial charge in [-0.25, -0.2) is 4.98 Å². The predicted molar refractivity (Wildman–Crippen MR) is 156 cm³/mol. The third kappa shape index (κ3) is 4.31. The van der Waals surface area contributed by atoms with Crippen LogP contribution in [0, 0.1) is 0 Å². The number of thiophene rings is 1. The third-order valence-corrected chi connectivity index (χ3v) is 9.43. The number of rotatable bonds is 4. The highest BCUT2D eigenvalue weighted by molar-refractivity contribution is 7.29. The number of benzene rings is 2. The quantitative estimate of drug-likeness (QED) is 0.147. The first-order valence-electron chi connectivity index (χ1n) is 12.8. The molecule has 4 aromatic rings. The van der Waals surface area contributed by atoms with E-state index in [9.17, 15) is 9.59 Å². The number of anilines is 1. The molecule has 0 radical (unpaired) electrons. The summed E-state index contributed by atoms with van der Waals surface area (Å²) in [7, 11) is 0. The van der Waals surface area contributed by atoms with Gasteiger partial charge in [0.1, 0.15) is 4.83 Å². The number of allylic oxidation sites excluding steroid dienone is 1. The van der Waals surface area contributed by atoms with Crippen molar-refractivity contribution in [2.24, 2.45) is 10.2 Å². The Morgan fingerprint density at radius 1 is 0.868 bits per heavy atom. The van der Waals surface area contributed by atoms with Crippen molar-refractivity contribution in [3.05, 3.63) is 76.2 Å². The second-order valence-corrected chi connectivity index (χ2v) is 13.2. The first-order chi connectivity index (χ1) is 18.1. The third-order valence-electron chi connectivity index (χ3n) is 7.44. The molecule has 2 aromatic heterocycles. The van der Waals surface area contributed by atoms with Gasteiger partial charge in [-0.15, -0.1) is 21.6 Å². The molecule has 0 N–H and O–H groups in total. The molecule has 1 fully saturated rings. The molecule has 8 heteroatoms. The van der Waals surface area contributed by atoms with Crippen LogP contribution in [0.25, 0.3) is 15.6 Å². The van der Waals surface area contributed by atoms with Crippen molar-refractivity contribution in [3.63, 3.8) is 0 Å². The minimum atomic E-state index is -0.219. The molecule has 0 saturated carbocycles. The number of carbonyl (C=O) groups is 2. The predicted octanol–water partition coefficient (Wildman–Crippen LogP) is 8.78. The van der Waals surface area contributed by atoms with E-state index in [1.807, 2.05) is 18.2 Å². The molecule has 0 amide bonds. The molecule has 1 aliphatic heterocycles. The Hall–Kier alpha value is -3.49. The van der Waals surface area contributed by atoms with Crippen LogP contribution in [0.1, 0.15) is 72.6 Å². The van der Waals surface area contributed by atoms with Crippen LogP contribution in [0.15, 0.2) is 70.4 Å². The van der Waals surface area contributed by atoms with Gasteiger partial charge in [-0.1, -0.05) is 35.6 Å². The zero-order valence-electron chi connectivity index (χ0n) is 21.8. The number of ketones is 2. The maximum absolute atomic E-state index is 12.7. The average molecular weight is 541 g/mol. The lowest BCUT2D eigenvalue weighted by Crippen LogP contribution is -2.58. The SMILES string of the molecule is CC1(C)CCCC(C)(C)N1c1ccc(N=Nc2nc3sc(C=C4C(=O)c5ccccc5C4=O)cc3s2)cc1. The molecular formula is C30H28N4O2S2. The molecule has 3 heterocycles. The topological polar surface area (TPSA) is 75.0 Å². The minimum Gasteiger partial charge on any atom is -0.361 e. The average Bonchev–Trinajstić information content (AvgIpc) is 3.49. The van der Waals surface area contributed by atoms with E-state index in [4.69, 9.17) is 0 Å². The summed E-state index contributed by atoms with van der Waals surface area (Å²) in [5.74, 6) is -0.438. The minimum absolute atomic E-state index is 0.106. The van der Waals surface area contributed by atoms with Gasteiger partial charge in [0.15, 0.2) is 11.6 Å². The monoisotopic (exact) mass is 540 g/mol. The van der Waals surface area contributed by atoms with Gasteiger partial charge >= 0.3 is 0 Å². The summed E-state index contributed by atoms with van der Waals surface area (Å²) in [6, 6.07) is 17.2. The molecule has 0 bridgehead atoms. The van der Waals surface area contributed by atoms with Crippen LogP contribution in [0.3, 0.4) is 0 Å². The van der Waals surface area contributed by atoms with E-state index in [1.54, 1.807) is 30.3 Å².